The lowest BCUT2D eigenvalue weighted by atomic mass is 9.96. The van der Waals surface area contributed by atoms with Crippen molar-refractivity contribution in [3.8, 4) is 11.5 Å². The zero-order chi connectivity index (χ0) is 12.3. The van der Waals surface area contributed by atoms with Crippen molar-refractivity contribution in [2.45, 2.75) is 13.3 Å². The highest BCUT2D eigenvalue weighted by Crippen LogP contribution is 2.36. The maximum atomic E-state index is 11.6. The van der Waals surface area contributed by atoms with E-state index in [0.29, 0.717) is 25.4 Å². The maximum absolute atomic E-state index is 11.6. The van der Waals surface area contributed by atoms with Crippen LogP contribution in [0.25, 0.3) is 0 Å². The fourth-order valence-electron chi connectivity index (χ4n) is 1.97. The first kappa shape index (κ1) is 11.8. The van der Waals surface area contributed by atoms with Gasteiger partial charge in [-0.15, -0.1) is 0 Å². The van der Waals surface area contributed by atoms with Crippen LogP contribution in [0.5, 0.6) is 11.5 Å². The molecule has 92 valence electrons. The number of carbonyl (C=O) groups is 1. The number of para-hydroxylation sites is 1. The molecule has 0 amide bonds. The van der Waals surface area contributed by atoms with Crippen LogP contribution < -0.4 is 9.47 Å². The standard InChI is InChI=1S/C13H16O4/c1-3-16-13(14)10-7-9-5-4-6-11(15-2)12(9)17-8-10/h4-6,10H,3,7-8H2,1-2H3/t10-/m1/s1. The second-order valence-corrected chi connectivity index (χ2v) is 3.91. The number of esters is 1. The zero-order valence-corrected chi connectivity index (χ0v) is 10.1. The predicted octanol–water partition coefficient (Wildman–Crippen LogP) is 1.81. The van der Waals surface area contributed by atoms with Crippen LogP contribution >= 0.6 is 0 Å². The van der Waals surface area contributed by atoms with E-state index in [-0.39, 0.29) is 11.9 Å². The summed E-state index contributed by atoms with van der Waals surface area (Å²) in [6.07, 6.45) is 0.644. The quantitative estimate of drug-likeness (QED) is 0.751. The van der Waals surface area contributed by atoms with Crippen LogP contribution in [-0.4, -0.2) is 26.3 Å². The average Bonchev–Trinajstić information content (AvgIpc) is 2.37. The minimum atomic E-state index is -0.213. The molecule has 1 aliphatic heterocycles. The first-order valence-electron chi connectivity index (χ1n) is 5.71. The normalized spacial score (nSPS) is 17.9. The third-order valence-electron chi connectivity index (χ3n) is 2.80. The summed E-state index contributed by atoms with van der Waals surface area (Å²) in [6.45, 7) is 2.56. The van der Waals surface area contributed by atoms with Gasteiger partial charge in [-0.3, -0.25) is 4.79 Å². The molecule has 1 aromatic rings. The Morgan fingerprint density at radius 3 is 3.06 bits per heavy atom. The van der Waals surface area contributed by atoms with Gasteiger partial charge in [-0.25, -0.2) is 0 Å². The highest BCUT2D eigenvalue weighted by Gasteiger charge is 2.28. The average molecular weight is 236 g/mol. The molecule has 0 aromatic heterocycles. The van der Waals surface area contributed by atoms with Gasteiger partial charge in [0, 0.05) is 0 Å². The van der Waals surface area contributed by atoms with Crippen LogP contribution in [0.1, 0.15) is 12.5 Å². The van der Waals surface area contributed by atoms with Gasteiger partial charge in [0.05, 0.1) is 19.6 Å². The van der Waals surface area contributed by atoms with Crippen molar-refractivity contribution < 1.29 is 19.0 Å². The maximum Gasteiger partial charge on any atom is 0.312 e. The first-order valence-corrected chi connectivity index (χ1v) is 5.71. The molecule has 4 nitrogen and oxygen atoms in total. The van der Waals surface area contributed by atoms with Gasteiger partial charge >= 0.3 is 5.97 Å². The molecular formula is C13H16O4. The van der Waals surface area contributed by atoms with Crippen molar-refractivity contribution in [1.29, 1.82) is 0 Å². The Morgan fingerprint density at radius 2 is 2.35 bits per heavy atom. The van der Waals surface area contributed by atoms with E-state index in [2.05, 4.69) is 0 Å². The summed E-state index contributed by atoms with van der Waals surface area (Å²) in [4.78, 5) is 11.6. The number of hydrogen-bond acceptors (Lipinski definition) is 4. The summed E-state index contributed by atoms with van der Waals surface area (Å²) < 4.78 is 15.8. The van der Waals surface area contributed by atoms with Crippen molar-refractivity contribution in [1.82, 2.24) is 0 Å². The summed E-state index contributed by atoms with van der Waals surface area (Å²) in [5, 5.41) is 0. The second kappa shape index (κ2) is 5.08. The van der Waals surface area contributed by atoms with E-state index in [1.165, 1.54) is 0 Å². The Balaban J connectivity index is 2.17. The number of fused-ring (bicyclic) bond motifs is 1. The molecule has 0 spiro atoms. The summed E-state index contributed by atoms with van der Waals surface area (Å²) in [6, 6.07) is 5.70. The molecule has 4 heteroatoms. The second-order valence-electron chi connectivity index (χ2n) is 3.91. The lowest BCUT2D eigenvalue weighted by Crippen LogP contribution is -2.29. The molecule has 1 heterocycles. The van der Waals surface area contributed by atoms with E-state index in [1.807, 2.05) is 18.2 Å². The minimum Gasteiger partial charge on any atom is -0.493 e. The summed E-state index contributed by atoms with van der Waals surface area (Å²) in [5.41, 5.74) is 0.994. The van der Waals surface area contributed by atoms with Gasteiger partial charge in [-0.1, -0.05) is 12.1 Å². The number of hydrogen-bond donors (Lipinski definition) is 0. The SMILES string of the molecule is CCOC(=O)[C@H]1COc2c(cccc2OC)C1. The van der Waals surface area contributed by atoms with E-state index in [4.69, 9.17) is 14.2 Å². The van der Waals surface area contributed by atoms with Crippen LogP contribution in [0, 0.1) is 5.92 Å². The molecule has 17 heavy (non-hydrogen) atoms. The molecule has 0 saturated heterocycles. The highest BCUT2D eigenvalue weighted by atomic mass is 16.5. The fourth-order valence-corrected chi connectivity index (χ4v) is 1.97. The topological polar surface area (TPSA) is 44.8 Å². The molecule has 0 N–H and O–H groups in total. The molecular weight excluding hydrogens is 220 g/mol. The number of ether oxygens (including phenoxy) is 3. The van der Waals surface area contributed by atoms with E-state index in [0.717, 1.165) is 11.3 Å². The van der Waals surface area contributed by atoms with Crippen LogP contribution in [0.4, 0.5) is 0 Å². The summed E-state index contributed by atoms with van der Waals surface area (Å²) >= 11 is 0. The van der Waals surface area contributed by atoms with Crippen molar-refractivity contribution in [3.05, 3.63) is 23.8 Å². The van der Waals surface area contributed by atoms with Crippen molar-refractivity contribution in [3.63, 3.8) is 0 Å². The lowest BCUT2D eigenvalue weighted by molar-refractivity contribution is -0.149. The molecule has 0 unspecified atom stereocenters. The van der Waals surface area contributed by atoms with Crippen molar-refractivity contribution >= 4 is 5.97 Å². The molecule has 1 atom stereocenters. The summed E-state index contributed by atoms with van der Waals surface area (Å²) in [5.74, 6) is 1.05. The monoisotopic (exact) mass is 236 g/mol. The molecule has 0 radical (unpaired) electrons. The van der Waals surface area contributed by atoms with E-state index < -0.39 is 0 Å². The van der Waals surface area contributed by atoms with Gasteiger partial charge < -0.3 is 14.2 Å². The van der Waals surface area contributed by atoms with Gasteiger partial charge in [-0.2, -0.15) is 0 Å². The van der Waals surface area contributed by atoms with Gasteiger partial charge in [0.2, 0.25) is 0 Å². The highest BCUT2D eigenvalue weighted by molar-refractivity contribution is 5.73. The Hall–Kier alpha value is -1.71. The first-order chi connectivity index (χ1) is 8.26. The van der Waals surface area contributed by atoms with Crippen LogP contribution in [0.15, 0.2) is 18.2 Å². The fraction of sp³-hybridized carbons (Fsp3) is 0.462. The molecule has 1 aromatic carbocycles. The minimum absolute atomic E-state index is 0.194. The zero-order valence-electron chi connectivity index (χ0n) is 10.1. The molecule has 1 aliphatic rings. The van der Waals surface area contributed by atoms with Crippen LogP contribution in [-0.2, 0) is 16.0 Å². The number of carbonyl (C=O) groups excluding carboxylic acids is 1. The molecule has 0 aliphatic carbocycles. The smallest absolute Gasteiger partial charge is 0.312 e. The molecule has 0 saturated carbocycles. The van der Waals surface area contributed by atoms with Gasteiger partial charge in [0.1, 0.15) is 6.61 Å². The Morgan fingerprint density at radius 1 is 1.53 bits per heavy atom. The number of benzene rings is 1. The van der Waals surface area contributed by atoms with Gasteiger partial charge in [0.25, 0.3) is 0 Å². The largest absolute Gasteiger partial charge is 0.493 e. The van der Waals surface area contributed by atoms with E-state index >= 15 is 0 Å². The molecule has 0 bridgehead atoms. The Bertz CT molecular complexity index is 414. The third kappa shape index (κ3) is 2.35. The predicted molar refractivity (Wildman–Crippen MR) is 62.3 cm³/mol. The van der Waals surface area contributed by atoms with Crippen molar-refractivity contribution in [2.24, 2.45) is 5.92 Å². The van der Waals surface area contributed by atoms with Crippen molar-refractivity contribution in [2.75, 3.05) is 20.3 Å². The number of rotatable bonds is 3. The lowest BCUT2D eigenvalue weighted by Gasteiger charge is -2.25. The third-order valence-corrected chi connectivity index (χ3v) is 2.80. The molecule has 2 rings (SSSR count). The van der Waals surface area contributed by atoms with E-state index in [9.17, 15) is 4.79 Å². The van der Waals surface area contributed by atoms with Gasteiger partial charge in [-0.05, 0) is 25.0 Å². The Labute approximate surface area is 100 Å². The molecule has 0 fully saturated rings. The van der Waals surface area contributed by atoms with Crippen LogP contribution in [0.2, 0.25) is 0 Å². The Kier molecular flexibility index (Phi) is 3.52. The van der Waals surface area contributed by atoms with E-state index in [1.54, 1.807) is 14.0 Å². The van der Waals surface area contributed by atoms with Crippen LogP contribution in [0.3, 0.4) is 0 Å². The van der Waals surface area contributed by atoms with Gasteiger partial charge in [0.15, 0.2) is 11.5 Å². The summed E-state index contributed by atoms with van der Waals surface area (Å²) in [7, 11) is 1.61. The number of methoxy groups -OCH3 is 1.